The lowest BCUT2D eigenvalue weighted by molar-refractivity contribution is -0.125. The standard InChI is InChI=1S/C22H22N2O3/c1-23-21(26)13-6-4-7-14(12-13)24-22(27)18-11-5-10-16-15-8-2-3-9-17(15)20(25)19(16)18/h2-3,5,8-11,13-14H,4,6-7,12H2,1H3,(H,23,26)(H,24,27). The Bertz CT molecular complexity index is 935. The molecule has 2 aromatic rings. The van der Waals surface area contributed by atoms with Crippen LogP contribution in [0.4, 0.5) is 0 Å². The molecule has 2 aromatic carbocycles. The zero-order chi connectivity index (χ0) is 19.0. The molecule has 5 nitrogen and oxygen atoms in total. The van der Waals surface area contributed by atoms with Crippen LogP contribution in [0.3, 0.4) is 0 Å². The number of fused-ring (bicyclic) bond motifs is 3. The second-order valence-electron chi connectivity index (χ2n) is 7.25. The van der Waals surface area contributed by atoms with E-state index in [4.69, 9.17) is 0 Å². The summed E-state index contributed by atoms with van der Waals surface area (Å²) in [6.45, 7) is 0. The minimum Gasteiger partial charge on any atom is -0.359 e. The third kappa shape index (κ3) is 3.03. The minimum atomic E-state index is -0.240. The fourth-order valence-corrected chi connectivity index (χ4v) is 4.29. The summed E-state index contributed by atoms with van der Waals surface area (Å²) in [4.78, 5) is 37.7. The summed E-state index contributed by atoms with van der Waals surface area (Å²) in [5.41, 5.74) is 3.23. The Balaban J connectivity index is 1.58. The molecule has 2 N–H and O–H groups in total. The third-order valence-electron chi connectivity index (χ3n) is 5.62. The number of carbonyl (C=O) groups is 3. The molecule has 2 unspecified atom stereocenters. The van der Waals surface area contributed by atoms with Crippen LogP contribution in [0.1, 0.15) is 52.0 Å². The van der Waals surface area contributed by atoms with Crippen molar-refractivity contribution in [2.45, 2.75) is 31.7 Å². The number of ketones is 1. The number of hydrogen-bond acceptors (Lipinski definition) is 3. The van der Waals surface area contributed by atoms with Crippen molar-refractivity contribution in [2.24, 2.45) is 5.92 Å². The summed E-state index contributed by atoms with van der Waals surface area (Å²) in [6, 6.07) is 12.8. The van der Waals surface area contributed by atoms with Crippen molar-refractivity contribution in [3.8, 4) is 11.1 Å². The van der Waals surface area contributed by atoms with Gasteiger partial charge in [-0.25, -0.2) is 0 Å². The van der Waals surface area contributed by atoms with Gasteiger partial charge in [-0.05, 0) is 36.5 Å². The first-order chi connectivity index (χ1) is 13.1. The fraction of sp³-hybridized carbons (Fsp3) is 0.318. The number of amides is 2. The average Bonchev–Trinajstić information content (AvgIpc) is 3.00. The van der Waals surface area contributed by atoms with Crippen LogP contribution in [0.25, 0.3) is 11.1 Å². The van der Waals surface area contributed by atoms with Crippen LogP contribution in [0.2, 0.25) is 0 Å². The smallest absolute Gasteiger partial charge is 0.252 e. The van der Waals surface area contributed by atoms with Gasteiger partial charge < -0.3 is 10.6 Å². The largest absolute Gasteiger partial charge is 0.359 e. The number of nitrogens with one attached hydrogen (secondary N) is 2. The quantitative estimate of drug-likeness (QED) is 0.752. The van der Waals surface area contributed by atoms with E-state index in [0.29, 0.717) is 23.1 Å². The lowest BCUT2D eigenvalue weighted by Gasteiger charge is -2.28. The molecule has 0 bridgehead atoms. The molecule has 0 aromatic heterocycles. The highest BCUT2D eigenvalue weighted by molar-refractivity contribution is 6.25. The number of hydrogen-bond donors (Lipinski definition) is 2. The first-order valence-electron chi connectivity index (χ1n) is 9.39. The van der Waals surface area contributed by atoms with Crippen LogP contribution in [-0.4, -0.2) is 30.7 Å². The van der Waals surface area contributed by atoms with Gasteiger partial charge in [-0.2, -0.15) is 0 Å². The second-order valence-corrected chi connectivity index (χ2v) is 7.25. The van der Waals surface area contributed by atoms with Crippen molar-refractivity contribution >= 4 is 17.6 Å². The lowest BCUT2D eigenvalue weighted by Crippen LogP contribution is -2.42. The Kier molecular flexibility index (Phi) is 4.52. The maximum absolute atomic E-state index is 13.0. The van der Waals surface area contributed by atoms with Crippen LogP contribution < -0.4 is 10.6 Å². The molecule has 0 heterocycles. The highest BCUT2D eigenvalue weighted by atomic mass is 16.2. The van der Waals surface area contributed by atoms with Gasteiger partial charge >= 0.3 is 0 Å². The monoisotopic (exact) mass is 362 g/mol. The van der Waals surface area contributed by atoms with E-state index in [1.807, 2.05) is 30.3 Å². The predicted molar refractivity (Wildman–Crippen MR) is 103 cm³/mol. The molecule has 2 aliphatic carbocycles. The predicted octanol–water partition coefficient (Wildman–Crippen LogP) is 2.93. The van der Waals surface area contributed by atoms with Gasteiger partial charge in [0.2, 0.25) is 5.91 Å². The van der Waals surface area contributed by atoms with Crippen LogP contribution >= 0.6 is 0 Å². The van der Waals surface area contributed by atoms with Crippen LogP contribution in [0, 0.1) is 5.92 Å². The fourth-order valence-electron chi connectivity index (χ4n) is 4.29. The molecule has 1 fully saturated rings. The topological polar surface area (TPSA) is 75.3 Å². The van der Waals surface area contributed by atoms with E-state index < -0.39 is 0 Å². The molecule has 2 aliphatic rings. The molecule has 5 heteroatoms. The molecular weight excluding hydrogens is 340 g/mol. The molecule has 0 saturated heterocycles. The Hall–Kier alpha value is -2.95. The summed E-state index contributed by atoms with van der Waals surface area (Å²) in [6.07, 6.45) is 3.23. The Morgan fingerprint density at radius 3 is 2.48 bits per heavy atom. The van der Waals surface area contributed by atoms with E-state index >= 15 is 0 Å². The van der Waals surface area contributed by atoms with Crippen LogP contribution in [0.15, 0.2) is 42.5 Å². The van der Waals surface area contributed by atoms with Gasteiger partial charge in [0.1, 0.15) is 0 Å². The van der Waals surface area contributed by atoms with Crippen molar-refractivity contribution in [2.75, 3.05) is 7.05 Å². The SMILES string of the molecule is CNC(=O)C1CCCC(NC(=O)c2cccc3c2C(=O)c2ccccc2-3)C1. The van der Waals surface area contributed by atoms with E-state index in [9.17, 15) is 14.4 Å². The molecular formula is C22H22N2O3. The van der Waals surface area contributed by atoms with Crippen molar-refractivity contribution in [1.82, 2.24) is 10.6 Å². The molecule has 4 rings (SSSR count). The number of rotatable bonds is 3. The Morgan fingerprint density at radius 2 is 1.70 bits per heavy atom. The normalized spacial score (nSPS) is 20.6. The molecule has 0 radical (unpaired) electrons. The summed E-state index contributed by atoms with van der Waals surface area (Å²) >= 11 is 0. The highest BCUT2D eigenvalue weighted by Gasteiger charge is 2.32. The van der Waals surface area contributed by atoms with Gasteiger partial charge in [-0.15, -0.1) is 0 Å². The lowest BCUT2D eigenvalue weighted by atomic mass is 9.85. The zero-order valence-corrected chi connectivity index (χ0v) is 15.2. The maximum Gasteiger partial charge on any atom is 0.252 e. The Labute approximate surface area is 158 Å². The summed E-state index contributed by atoms with van der Waals surface area (Å²) in [5, 5.41) is 5.74. The van der Waals surface area contributed by atoms with Crippen molar-refractivity contribution in [1.29, 1.82) is 0 Å². The van der Waals surface area contributed by atoms with Gasteiger partial charge in [0, 0.05) is 30.1 Å². The second kappa shape index (κ2) is 6.99. The molecule has 2 amide bonds. The third-order valence-corrected chi connectivity index (χ3v) is 5.62. The molecule has 0 aliphatic heterocycles. The zero-order valence-electron chi connectivity index (χ0n) is 15.2. The van der Waals surface area contributed by atoms with E-state index in [1.54, 1.807) is 19.2 Å². The van der Waals surface area contributed by atoms with Crippen LogP contribution in [-0.2, 0) is 4.79 Å². The van der Waals surface area contributed by atoms with Gasteiger partial charge in [0.25, 0.3) is 5.91 Å². The van der Waals surface area contributed by atoms with E-state index in [2.05, 4.69) is 10.6 Å². The van der Waals surface area contributed by atoms with Crippen molar-refractivity contribution < 1.29 is 14.4 Å². The van der Waals surface area contributed by atoms with Gasteiger partial charge in [-0.1, -0.05) is 42.8 Å². The van der Waals surface area contributed by atoms with Gasteiger partial charge in [0.05, 0.1) is 5.56 Å². The molecule has 0 spiro atoms. The summed E-state index contributed by atoms with van der Waals surface area (Å²) < 4.78 is 0. The van der Waals surface area contributed by atoms with Crippen LogP contribution in [0.5, 0.6) is 0 Å². The number of carbonyl (C=O) groups excluding carboxylic acids is 3. The number of benzene rings is 2. The molecule has 1 saturated carbocycles. The minimum absolute atomic E-state index is 0.0279. The highest BCUT2D eigenvalue weighted by Crippen LogP contribution is 2.38. The summed E-state index contributed by atoms with van der Waals surface area (Å²) in [5.74, 6) is -0.379. The van der Waals surface area contributed by atoms with E-state index in [0.717, 1.165) is 30.4 Å². The maximum atomic E-state index is 13.0. The molecule has 27 heavy (non-hydrogen) atoms. The molecule has 138 valence electrons. The van der Waals surface area contributed by atoms with Crippen molar-refractivity contribution in [3.63, 3.8) is 0 Å². The Morgan fingerprint density at radius 1 is 0.963 bits per heavy atom. The first kappa shape index (κ1) is 17.5. The summed E-state index contributed by atoms with van der Waals surface area (Å²) in [7, 11) is 1.64. The first-order valence-corrected chi connectivity index (χ1v) is 9.39. The van der Waals surface area contributed by atoms with Crippen molar-refractivity contribution in [3.05, 3.63) is 59.2 Å². The van der Waals surface area contributed by atoms with E-state index in [-0.39, 0.29) is 29.6 Å². The molecule has 2 atom stereocenters. The van der Waals surface area contributed by atoms with Gasteiger partial charge in [-0.3, -0.25) is 14.4 Å². The van der Waals surface area contributed by atoms with E-state index in [1.165, 1.54) is 0 Å². The average molecular weight is 362 g/mol. The van der Waals surface area contributed by atoms with Gasteiger partial charge in [0.15, 0.2) is 5.78 Å².